The number of halogens is 2. The summed E-state index contributed by atoms with van der Waals surface area (Å²) in [4.78, 5) is 56.4. The highest BCUT2D eigenvalue weighted by Crippen LogP contribution is 2.70. The third-order valence-corrected chi connectivity index (χ3v) is 11.7. The van der Waals surface area contributed by atoms with Crippen molar-refractivity contribution >= 4 is 29.3 Å². The molecule has 0 unspecified atom stereocenters. The predicted molar refractivity (Wildman–Crippen MR) is 173 cm³/mol. The minimum Gasteiger partial charge on any atom is -0.474 e. The zero-order valence-electron chi connectivity index (χ0n) is 27.8. The fraction of sp³-hybridized carbons (Fsp3) is 0.571. The molecule has 3 N–H and O–H groups in total. The van der Waals surface area contributed by atoms with Gasteiger partial charge in [0, 0.05) is 72.9 Å². The van der Waals surface area contributed by atoms with Crippen LogP contribution in [0.4, 0.5) is 14.5 Å². The van der Waals surface area contributed by atoms with Gasteiger partial charge in [0.15, 0.2) is 5.69 Å². The Morgan fingerprint density at radius 2 is 1.82 bits per heavy atom. The number of piperidine rings is 2. The van der Waals surface area contributed by atoms with Crippen LogP contribution in [-0.4, -0.2) is 78.6 Å². The number of pyridine rings is 1. The molecule has 4 fully saturated rings. The largest absolute Gasteiger partial charge is 0.474 e. The number of H-pyrrole nitrogens is 1. The molecule has 3 atom stereocenters. The molecule has 3 aliphatic carbocycles. The lowest BCUT2D eigenvalue weighted by molar-refractivity contribution is -0.138. The number of ether oxygens (including phenoxy) is 1. The second-order valence-corrected chi connectivity index (χ2v) is 14.7. The van der Waals surface area contributed by atoms with Crippen LogP contribution in [0.25, 0.3) is 0 Å². The van der Waals surface area contributed by atoms with E-state index in [0.29, 0.717) is 48.8 Å². The number of rotatable bonds is 7. The minimum absolute atomic E-state index is 0.0366. The number of amides is 4. The average Bonchev–Trinajstić information content (AvgIpc) is 3.53. The maximum absolute atomic E-state index is 14.3. The van der Waals surface area contributed by atoms with E-state index in [2.05, 4.69) is 30.9 Å². The van der Waals surface area contributed by atoms with Gasteiger partial charge in [-0.05, 0) is 56.9 Å². The summed E-state index contributed by atoms with van der Waals surface area (Å²) < 4.78 is 36.6. The number of hydrogen-bond acceptors (Lipinski definition) is 8. The maximum atomic E-state index is 14.3. The fourth-order valence-corrected chi connectivity index (χ4v) is 8.47. The monoisotopic (exact) mass is 690 g/mol. The number of fused-ring (bicyclic) bond motifs is 2. The highest BCUT2D eigenvalue weighted by atomic mass is 19.3. The Kier molecular flexibility index (Phi) is 7.98. The Bertz CT molecular complexity index is 1830. The summed E-state index contributed by atoms with van der Waals surface area (Å²) >= 11 is 0. The van der Waals surface area contributed by atoms with Crippen LogP contribution in [0.1, 0.15) is 97.6 Å². The summed E-state index contributed by atoms with van der Waals surface area (Å²) in [6.07, 6.45) is 10.5. The molecule has 264 valence electrons. The van der Waals surface area contributed by atoms with Crippen LogP contribution in [0.3, 0.4) is 0 Å². The zero-order chi connectivity index (χ0) is 34.8. The lowest BCUT2D eigenvalue weighted by Gasteiger charge is -2.36. The Morgan fingerprint density at radius 1 is 1.04 bits per heavy atom. The quantitative estimate of drug-likeness (QED) is 0.314. The molecule has 15 heteroatoms. The Balaban J connectivity index is 0.783. The predicted octanol–water partition coefficient (Wildman–Crippen LogP) is 3.95. The first-order chi connectivity index (χ1) is 24.0. The van der Waals surface area contributed by atoms with Gasteiger partial charge in [0.05, 0.1) is 23.8 Å². The van der Waals surface area contributed by atoms with Gasteiger partial charge < -0.3 is 15.0 Å². The fourth-order valence-electron chi connectivity index (χ4n) is 8.47. The molecular formula is C35H40F2N8O5. The third kappa shape index (κ3) is 5.73. The number of nitrogens with one attached hydrogen (secondary N) is 3. The molecule has 3 aromatic rings. The van der Waals surface area contributed by atoms with Crippen LogP contribution >= 0.6 is 0 Å². The number of aromatic nitrogens is 5. The maximum Gasteiger partial charge on any atom is 0.276 e. The van der Waals surface area contributed by atoms with Gasteiger partial charge in [0.2, 0.25) is 23.6 Å². The summed E-state index contributed by atoms with van der Waals surface area (Å²) in [5, 5.41) is 16.6. The van der Waals surface area contributed by atoms with Crippen molar-refractivity contribution in [2.24, 2.45) is 17.3 Å². The van der Waals surface area contributed by atoms with Gasteiger partial charge in [0.1, 0.15) is 6.10 Å². The molecule has 2 saturated heterocycles. The van der Waals surface area contributed by atoms with E-state index in [4.69, 9.17) is 4.74 Å². The number of alkyl halides is 2. The summed E-state index contributed by atoms with van der Waals surface area (Å²) in [6.45, 7) is 2.83. The molecule has 0 radical (unpaired) electrons. The molecule has 13 nitrogen and oxygen atoms in total. The molecule has 50 heavy (non-hydrogen) atoms. The second kappa shape index (κ2) is 12.3. The molecule has 0 spiro atoms. The SMILES string of the molecule is C[C@@]12Cc3[nH]nc(C(=O)Nc4cnn(C5CCN(C(=O)C6CCC(Oc7ccc([C@H]8CCC(=O)NC8=O)cn7)CC6)CC5)c4)c3C[C@@H]1C2(F)F. The van der Waals surface area contributed by atoms with Gasteiger partial charge in [-0.1, -0.05) is 13.0 Å². The van der Waals surface area contributed by atoms with E-state index in [1.807, 2.05) is 15.6 Å². The number of likely N-dealkylation sites (tertiary alicyclic amines) is 1. The van der Waals surface area contributed by atoms with Crippen LogP contribution < -0.4 is 15.4 Å². The van der Waals surface area contributed by atoms with Crippen LogP contribution in [-0.2, 0) is 27.2 Å². The first-order valence-electron chi connectivity index (χ1n) is 17.5. The topological polar surface area (TPSA) is 164 Å². The van der Waals surface area contributed by atoms with Crippen molar-refractivity contribution in [2.75, 3.05) is 18.4 Å². The van der Waals surface area contributed by atoms with E-state index in [9.17, 15) is 28.0 Å². The van der Waals surface area contributed by atoms with E-state index in [1.165, 1.54) is 0 Å². The number of aromatic amines is 1. The Hall–Kier alpha value is -4.69. The van der Waals surface area contributed by atoms with Crippen LogP contribution in [0.2, 0.25) is 0 Å². The van der Waals surface area contributed by atoms with Crippen molar-refractivity contribution in [1.29, 1.82) is 0 Å². The van der Waals surface area contributed by atoms with Gasteiger partial charge in [-0.2, -0.15) is 10.2 Å². The van der Waals surface area contributed by atoms with Gasteiger partial charge in [-0.15, -0.1) is 0 Å². The molecule has 5 aliphatic rings. The minimum atomic E-state index is -2.73. The lowest BCUT2D eigenvalue weighted by Crippen LogP contribution is -2.43. The summed E-state index contributed by atoms with van der Waals surface area (Å²) in [5.74, 6) is -4.26. The first kappa shape index (κ1) is 32.5. The van der Waals surface area contributed by atoms with Crippen LogP contribution in [0, 0.1) is 17.3 Å². The number of imide groups is 1. The van der Waals surface area contributed by atoms with Crippen molar-refractivity contribution in [3.8, 4) is 5.88 Å². The number of nitrogens with zero attached hydrogens (tertiary/aromatic N) is 5. The zero-order valence-corrected chi connectivity index (χ0v) is 27.8. The highest BCUT2D eigenvalue weighted by molar-refractivity contribution is 6.04. The second-order valence-electron chi connectivity index (χ2n) is 14.7. The molecule has 0 aromatic carbocycles. The van der Waals surface area contributed by atoms with Crippen molar-refractivity contribution in [3.05, 3.63) is 53.2 Å². The number of anilines is 1. The van der Waals surface area contributed by atoms with E-state index < -0.39 is 23.2 Å². The third-order valence-electron chi connectivity index (χ3n) is 11.7. The summed E-state index contributed by atoms with van der Waals surface area (Å²) in [7, 11) is 0. The molecule has 8 rings (SSSR count). The van der Waals surface area contributed by atoms with Crippen molar-refractivity contribution in [2.45, 2.75) is 95.1 Å². The van der Waals surface area contributed by atoms with E-state index >= 15 is 0 Å². The van der Waals surface area contributed by atoms with E-state index in [0.717, 1.165) is 44.1 Å². The average molecular weight is 691 g/mol. The number of carbonyl (C=O) groups is 4. The molecular weight excluding hydrogens is 650 g/mol. The number of hydrogen-bond donors (Lipinski definition) is 3. The van der Waals surface area contributed by atoms with E-state index in [1.54, 1.807) is 31.6 Å². The lowest BCUT2D eigenvalue weighted by atomic mass is 9.86. The Labute approximate surface area is 286 Å². The van der Waals surface area contributed by atoms with Gasteiger partial charge >= 0.3 is 0 Å². The molecule has 3 aromatic heterocycles. The Morgan fingerprint density at radius 3 is 2.54 bits per heavy atom. The smallest absolute Gasteiger partial charge is 0.276 e. The summed E-state index contributed by atoms with van der Waals surface area (Å²) in [5.41, 5.74) is 1.53. The molecule has 2 aliphatic heterocycles. The highest BCUT2D eigenvalue weighted by Gasteiger charge is 2.78. The molecule has 4 amide bonds. The molecule has 0 bridgehead atoms. The van der Waals surface area contributed by atoms with Gasteiger partial charge in [-0.3, -0.25) is 34.3 Å². The van der Waals surface area contributed by atoms with Crippen LogP contribution in [0.15, 0.2) is 30.7 Å². The standard InChI is InChI=1S/C35H40F2N8O5/c1-34-15-26-25(14-27(34)35(34,36)37)30(43-42-26)32(48)40-21-17-39-45(18-21)22-10-12-44(13-11-22)33(49)19-2-5-23(6-3-19)50-29-9-4-20(16-38-29)24-7-8-28(46)41-31(24)47/h4,9,16-19,22-24,27H,2-3,5-8,10-15H2,1H3,(H,40,48)(H,42,43)(H,41,46,47)/t19?,23?,24-,27+,34-/m1/s1. The van der Waals surface area contributed by atoms with Crippen molar-refractivity contribution < 1.29 is 32.7 Å². The first-order valence-corrected chi connectivity index (χ1v) is 17.5. The molecule has 5 heterocycles. The summed E-state index contributed by atoms with van der Waals surface area (Å²) in [6, 6.07) is 3.66. The van der Waals surface area contributed by atoms with Crippen LogP contribution in [0.5, 0.6) is 5.88 Å². The van der Waals surface area contributed by atoms with Crippen molar-refractivity contribution in [3.63, 3.8) is 0 Å². The number of carbonyl (C=O) groups excluding carboxylic acids is 4. The van der Waals surface area contributed by atoms with Gasteiger partial charge in [-0.25, -0.2) is 13.8 Å². The van der Waals surface area contributed by atoms with Crippen molar-refractivity contribution in [1.82, 2.24) is 35.2 Å². The normalized spacial score (nSPS) is 29.1. The van der Waals surface area contributed by atoms with E-state index in [-0.39, 0.29) is 60.2 Å². The molecule has 2 saturated carbocycles. The van der Waals surface area contributed by atoms with Gasteiger partial charge in [0.25, 0.3) is 11.8 Å².